The van der Waals surface area contributed by atoms with E-state index in [1.165, 1.54) is 0 Å². The SMILES string of the molecule is O=C(OCc1ccccc1)c1nc2c(OCc3ccccc3)cccc2c(OCc2ccccc2)c1-c1ccccc1. The molecular weight excluding hydrogens is 522 g/mol. The summed E-state index contributed by atoms with van der Waals surface area (Å²) in [6, 6.07) is 44.9. The lowest BCUT2D eigenvalue weighted by Crippen LogP contribution is -2.12. The van der Waals surface area contributed by atoms with Gasteiger partial charge in [0.25, 0.3) is 0 Å². The topological polar surface area (TPSA) is 57.7 Å². The maximum absolute atomic E-state index is 13.8. The highest BCUT2D eigenvalue weighted by atomic mass is 16.5. The molecule has 0 N–H and O–H groups in total. The Labute approximate surface area is 245 Å². The van der Waals surface area contributed by atoms with Gasteiger partial charge >= 0.3 is 5.97 Å². The highest BCUT2D eigenvalue weighted by Crippen LogP contribution is 2.42. The molecule has 42 heavy (non-hydrogen) atoms. The van der Waals surface area contributed by atoms with Crippen LogP contribution in [0.5, 0.6) is 11.5 Å². The summed E-state index contributed by atoms with van der Waals surface area (Å²) >= 11 is 0. The Morgan fingerprint density at radius 3 is 1.67 bits per heavy atom. The quantitative estimate of drug-likeness (QED) is 0.160. The van der Waals surface area contributed by atoms with Crippen molar-refractivity contribution in [3.8, 4) is 22.6 Å². The van der Waals surface area contributed by atoms with Crippen molar-refractivity contribution in [1.82, 2.24) is 4.98 Å². The third-order valence-corrected chi connectivity index (χ3v) is 6.86. The van der Waals surface area contributed by atoms with E-state index in [2.05, 4.69) is 0 Å². The Hall–Kier alpha value is -5.42. The fourth-order valence-corrected chi connectivity index (χ4v) is 4.77. The van der Waals surface area contributed by atoms with E-state index >= 15 is 0 Å². The predicted octanol–water partition coefficient (Wildman–Crippen LogP) is 8.42. The Kier molecular flexibility index (Phi) is 8.18. The summed E-state index contributed by atoms with van der Waals surface area (Å²) < 4.78 is 18.6. The van der Waals surface area contributed by atoms with E-state index in [4.69, 9.17) is 19.2 Å². The van der Waals surface area contributed by atoms with Crippen molar-refractivity contribution in [2.24, 2.45) is 0 Å². The number of carbonyl (C=O) groups excluding carboxylic acids is 1. The number of benzene rings is 5. The summed E-state index contributed by atoms with van der Waals surface area (Å²) in [5.41, 5.74) is 5.01. The highest BCUT2D eigenvalue weighted by Gasteiger charge is 2.25. The minimum atomic E-state index is -0.540. The molecule has 0 unspecified atom stereocenters. The number of para-hydroxylation sites is 1. The average Bonchev–Trinajstić information content (AvgIpc) is 3.06. The Morgan fingerprint density at radius 2 is 1.07 bits per heavy atom. The van der Waals surface area contributed by atoms with Gasteiger partial charge in [0.2, 0.25) is 0 Å². The molecule has 6 rings (SSSR count). The molecule has 0 atom stereocenters. The summed E-state index contributed by atoms with van der Waals surface area (Å²) in [6.07, 6.45) is 0. The minimum absolute atomic E-state index is 0.125. The molecule has 0 spiro atoms. The average molecular weight is 552 g/mol. The number of pyridine rings is 1. The Morgan fingerprint density at radius 1 is 0.548 bits per heavy atom. The molecule has 1 heterocycles. The van der Waals surface area contributed by atoms with Crippen molar-refractivity contribution in [3.63, 3.8) is 0 Å². The third-order valence-electron chi connectivity index (χ3n) is 6.86. The minimum Gasteiger partial charge on any atom is -0.487 e. The first-order valence-electron chi connectivity index (χ1n) is 13.8. The molecule has 6 aromatic rings. The second-order valence-corrected chi connectivity index (χ2v) is 9.79. The lowest BCUT2D eigenvalue weighted by molar-refractivity contribution is 0.0466. The monoisotopic (exact) mass is 551 g/mol. The number of rotatable bonds is 10. The lowest BCUT2D eigenvalue weighted by atomic mass is 9.99. The van der Waals surface area contributed by atoms with Crippen molar-refractivity contribution in [3.05, 3.63) is 162 Å². The first kappa shape index (κ1) is 26.8. The van der Waals surface area contributed by atoms with Crippen LogP contribution in [0.25, 0.3) is 22.0 Å². The molecule has 0 saturated carbocycles. The third kappa shape index (κ3) is 6.16. The zero-order chi connectivity index (χ0) is 28.6. The van der Waals surface area contributed by atoms with Crippen LogP contribution in [0.15, 0.2) is 140 Å². The van der Waals surface area contributed by atoms with E-state index < -0.39 is 5.97 Å². The molecule has 206 valence electrons. The predicted molar refractivity (Wildman–Crippen MR) is 164 cm³/mol. The van der Waals surface area contributed by atoms with Crippen molar-refractivity contribution in [2.75, 3.05) is 0 Å². The van der Waals surface area contributed by atoms with Crippen LogP contribution in [0.4, 0.5) is 0 Å². The fourth-order valence-electron chi connectivity index (χ4n) is 4.77. The van der Waals surface area contributed by atoms with E-state index in [1.54, 1.807) is 0 Å². The second-order valence-electron chi connectivity index (χ2n) is 9.79. The van der Waals surface area contributed by atoms with Crippen molar-refractivity contribution in [1.29, 1.82) is 0 Å². The van der Waals surface area contributed by atoms with Crippen LogP contribution in [-0.2, 0) is 24.6 Å². The molecule has 0 aliphatic carbocycles. The molecule has 0 bridgehead atoms. The van der Waals surface area contributed by atoms with Crippen molar-refractivity contribution in [2.45, 2.75) is 19.8 Å². The molecule has 0 amide bonds. The van der Waals surface area contributed by atoms with Crippen LogP contribution in [0, 0.1) is 0 Å². The van der Waals surface area contributed by atoms with Crippen LogP contribution in [0.2, 0.25) is 0 Å². The fraction of sp³-hybridized carbons (Fsp3) is 0.0811. The second kappa shape index (κ2) is 12.8. The summed E-state index contributed by atoms with van der Waals surface area (Å²) in [7, 11) is 0. The van der Waals surface area contributed by atoms with E-state index in [-0.39, 0.29) is 12.3 Å². The molecular formula is C37H29NO4. The van der Waals surface area contributed by atoms with Gasteiger partial charge in [-0.05, 0) is 34.4 Å². The number of nitrogens with zero attached hydrogens (tertiary/aromatic N) is 1. The summed E-state index contributed by atoms with van der Waals surface area (Å²) in [4.78, 5) is 18.7. The molecule has 0 saturated heterocycles. The van der Waals surface area contributed by atoms with Crippen LogP contribution in [-0.4, -0.2) is 11.0 Å². The van der Waals surface area contributed by atoms with Gasteiger partial charge in [0.15, 0.2) is 5.69 Å². The summed E-state index contributed by atoms with van der Waals surface area (Å²) in [5, 5.41) is 0.745. The maximum Gasteiger partial charge on any atom is 0.358 e. The Bertz CT molecular complexity index is 1770. The number of carbonyl (C=O) groups is 1. The smallest absolute Gasteiger partial charge is 0.358 e. The number of hydrogen-bond donors (Lipinski definition) is 0. The first-order chi connectivity index (χ1) is 20.8. The highest BCUT2D eigenvalue weighted by molar-refractivity contribution is 6.05. The molecule has 0 fully saturated rings. The van der Waals surface area contributed by atoms with Crippen LogP contribution < -0.4 is 9.47 Å². The maximum atomic E-state index is 13.8. The van der Waals surface area contributed by atoms with Crippen molar-refractivity contribution >= 4 is 16.9 Å². The molecule has 0 radical (unpaired) electrons. The van der Waals surface area contributed by atoms with Crippen LogP contribution in [0.1, 0.15) is 27.2 Å². The zero-order valence-electron chi connectivity index (χ0n) is 23.0. The first-order valence-corrected chi connectivity index (χ1v) is 13.8. The van der Waals surface area contributed by atoms with Gasteiger partial charge in [-0.3, -0.25) is 0 Å². The standard InChI is InChI=1S/C37H29NO4/c39-37(42-26-29-18-9-3-10-19-29)35-33(30-20-11-4-12-21-30)36(41-25-28-16-7-2-8-17-28)31-22-13-23-32(34(31)38-35)40-24-27-14-5-1-6-15-27/h1-23H,24-26H2. The van der Waals surface area contributed by atoms with Gasteiger partial charge in [-0.15, -0.1) is 0 Å². The normalized spacial score (nSPS) is 10.8. The number of esters is 1. The van der Waals surface area contributed by atoms with Crippen LogP contribution in [0.3, 0.4) is 0 Å². The molecule has 5 nitrogen and oxygen atoms in total. The van der Waals surface area contributed by atoms with Gasteiger partial charge in [-0.25, -0.2) is 9.78 Å². The summed E-state index contributed by atoms with van der Waals surface area (Å²) in [6.45, 7) is 0.795. The number of aromatic nitrogens is 1. The van der Waals surface area contributed by atoms with Gasteiger partial charge in [0.05, 0.1) is 5.56 Å². The molecule has 5 aromatic carbocycles. The molecule has 1 aromatic heterocycles. The number of fused-ring (bicyclic) bond motifs is 1. The Balaban J connectivity index is 1.48. The zero-order valence-corrected chi connectivity index (χ0v) is 23.0. The van der Waals surface area contributed by atoms with Gasteiger partial charge in [0, 0.05) is 5.39 Å². The largest absolute Gasteiger partial charge is 0.487 e. The van der Waals surface area contributed by atoms with Gasteiger partial charge in [-0.2, -0.15) is 0 Å². The van der Waals surface area contributed by atoms with Crippen molar-refractivity contribution < 1.29 is 19.0 Å². The summed E-state index contributed by atoms with van der Waals surface area (Å²) in [5.74, 6) is 0.562. The van der Waals surface area contributed by atoms with E-state index in [0.29, 0.717) is 35.8 Å². The molecule has 5 heteroatoms. The molecule has 0 aliphatic heterocycles. The number of ether oxygens (including phenoxy) is 3. The van der Waals surface area contributed by atoms with E-state index in [9.17, 15) is 4.79 Å². The lowest BCUT2D eigenvalue weighted by Gasteiger charge is -2.19. The van der Waals surface area contributed by atoms with E-state index in [0.717, 1.165) is 27.6 Å². The number of hydrogen-bond acceptors (Lipinski definition) is 5. The van der Waals surface area contributed by atoms with E-state index in [1.807, 2.05) is 140 Å². The van der Waals surface area contributed by atoms with Crippen LogP contribution >= 0.6 is 0 Å². The van der Waals surface area contributed by atoms with Gasteiger partial charge in [-0.1, -0.05) is 127 Å². The molecule has 0 aliphatic rings. The van der Waals surface area contributed by atoms with Gasteiger partial charge < -0.3 is 14.2 Å². The van der Waals surface area contributed by atoms with Gasteiger partial charge in [0.1, 0.15) is 36.8 Å².